The normalized spacial score (nSPS) is 20.8. The van der Waals surface area contributed by atoms with E-state index in [1.54, 1.807) is 0 Å². The van der Waals surface area contributed by atoms with Gasteiger partial charge < -0.3 is 9.88 Å². The molecule has 3 nitrogen and oxygen atoms in total. The first-order valence-corrected chi connectivity index (χ1v) is 5.88. The number of aryl methyl sites for hydroxylation is 2. The molecule has 2 aromatic rings. The minimum absolute atomic E-state index is 0.659. The first-order valence-electron chi connectivity index (χ1n) is 5.88. The summed E-state index contributed by atoms with van der Waals surface area (Å²) >= 11 is 0. The van der Waals surface area contributed by atoms with Crippen molar-refractivity contribution >= 4 is 11.0 Å². The highest BCUT2D eigenvalue weighted by molar-refractivity contribution is 5.84. The molecule has 1 aliphatic rings. The SMILES string of the molecule is Cc1ccnc2c1c(C1CCNC1)cn2C. The minimum atomic E-state index is 0.659. The average molecular weight is 215 g/mol. The second-order valence-corrected chi connectivity index (χ2v) is 4.71. The lowest BCUT2D eigenvalue weighted by Gasteiger charge is -2.07. The molecule has 1 aliphatic heterocycles. The highest BCUT2D eigenvalue weighted by Crippen LogP contribution is 2.31. The van der Waals surface area contributed by atoms with Crippen molar-refractivity contribution in [2.24, 2.45) is 7.05 Å². The van der Waals surface area contributed by atoms with Crippen LogP contribution in [0.3, 0.4) is 0 Å². The Bertz CT molecular complexity index is 521. The van der Waals surface area contributed by atoms with Crippen molar-refractivity contribution in [3.63, 3.8) is 0 Å². The zero-order chi connectivity index (χ0) is 11.1. The molecule has 2 aromatic heterocycles. The standard InChI is InChI=1S/C13H17N3/c1-9-3-6-15-13-12(9)11(8-16(13)2)10-4-5-14-7-10/h3,6,8,10,14H,4-5,7H2,1-2H3. The van der Waals surface area contributed by atoms with Gasteiger partial charge in [-0.15, -0.1) is 0 Å². The maximum atomic E-state index is 4.48. The van der Waals surface area contributed by atoms with E-state index >= 15 is 0 Å². The van der Waals surface area contributed by atoms with E-state index in [1.807, 2.05) is 6.20 Å². The zero-order valence-corrected chi connectivity index (χ0v) is 9.83. The molecule has 3 heteroatoms. The molecule has 0 spiro atoms. The molecule has 1 atom stereocenters. The maximum absolute atomic E-state index is 4.48. The van der Waals surface area contributed by atoms with Gasteiger partial charge in [-0.05, 0) is 43.0 Å². The largest absolute Gasteiger partial charge is 0.335 e. The fraction of sp³-hybridized carbons (Fsp3) is 0.462. The monoisotopic (exact) mass is 215 g/mol. The molecule has 0 saturated carbocycles. The first kappa shape index (κ1) is 9.85. The van der Waals surface area contributed by atoms with Crippen LogP contribution < -0.4 is 5.32 Å². The van der Waals surface area contributed by atoms with Gasteiger partial charge in [0.15, 0.2) is 0 Å². The molecule has 0 amide bonds. The van der Waals surface area contributed by atoms with Crippen molar-refractivity contribution in [3.05, 3.63) is 29.6 Å². The summed E-state index contributed by atoms with van der Waals surface area (Å²) in [6.45, 7) is 4.42. The Labute approximate surface area is 95.5 Å². The Morgan fingerprint density at radius 1 is 1.50 bits per heavy atom. The predicted molar refractivity (Wildman–Crippen MR) is 65.7 cm³/mol. The van der Waals surface area contributed by atoms with Gasteiger partial charge in [-0.2, -0.15) is 0 Å². The number of fused-ring (bicyclic) bond motifs is 1. The quantitative estimate of drug-likeness (QED) is 0.788. The molecule has 0 aliphatic carbocycles. The third kappa shape index (κ3) is 1.35. The summed E-state index contributed by atoms with van der Waals surface area (Å²) < 4.78 is 2.15. The summed E-state index contributed by atoms with van der Waals surface area (Å²) in [6, 6.07) is 2.11. The number of nitrogens with zero attached hydrogens (tertiary/aromatic N) is 2. The third-order valence-electron chi connectivity index (χ3n) is 3.59. The van der Waals surface area contributed by atoms with Crippen LogP contribution in [0.25, 0.3) is 11.0 Å². The maximum Gasteiger partial charge on any atom is 0.140 e. The number of rotatable bonds is 1. The van der Waals surface area contributed by atoms with Crippen LogP contribution in [-0.4, -0.2) is 22.6 Å². The van der Waals surface area contributed by atoms with Crippen molar-refractivity contribution in [1.82, 2.24) is 14.9 Å². The molecule has 3 rings (SSSR count). The van der Waals surface area contributed by atoms with Crippen LogP contribution in [0.4, 0.5) is 0 Å². The highest BCUT2D eigenvalue weighted by Gasteiger charge is 2.21. The van der Waals surface area contributed by atoms with E-state index in [4.69, 9.17) is 0 Å². The van der Waals surface area contributed by atoms with E-state index < -0.39 is 0 Å². The molecule has 1 fully saturated rings. The summed E-state index contributed by atoms with van der Waals surface area (Å²) in [4.78, 5) is 4.48. The number of aromatic nitrogens is 2. The van der Waals surface area contributed by atoms with Crippen LogP contribution in [0, 0.1) is 6.92 Å². The van der Waals surface area contributed by atoms with Gasteiger partial charge in [0, 0.05) is 31.4 Å². The minimum Gasteiger partial charge on any atom is -0.335 e. The molecule has 1 N–H and O–H groups in total. The van der Waals surface area contributed by atoms with Gasteiger partial charge in [0.25, 0.3) is 0 Å². The van der Waals surface area contributed by atoms with Gasteiger partial charge in [0.2, 0.25) is 0 Å². The Kier molecular flexibility index (Phi) is 2.21. The molecular weight excluding hydrogens is 198 g/mol. The van der Waals surface area contributed by atoms with Crippen LogP contribution in [0.1, 0.15) is 23.5 Å². The van der Waals surface area contributed by atoms with Gasteiger partial charge in [0.05, 0.1) is 0 Å². The van der Waals surface area contributed by atoms with Crippen molar-refractivity contribution < 1.29 is 0 Å². The number of nitrogens with one attached hydrogen (secondary N) is 1. The number of hydrogen-bond acceptors (Lipinski definition) is 2. The Morgan fingerprint density at radius 3 is 3.12 bits per heavy atom. The van der Waals surface area contributed by atoms with Crippen LogP contribution in [0.15, 0.2) is 18.5 Å². The Balaban J connectivity index is 2.24. The number of hydrogen-bond donors (Lipinski definition) is 1. The lowest BCUT2D eigenvalue weighted by Crippen LogP contribution is -2.07. The van der Waals surface area contributed by atoms with E-state index in [0.717, 1.165) is 18.7 Å². The smallest absolute Gasteiger partial charge is 0.140 e. The Morgan fingerprint density at radius 2 is 2.38 bits per heavy atom. The summed E-state index contributed by atoms with van der Waals surface area (Å²) in [5.41, 5.74) is 3.92. The number of pyridine rings is 1. The summed E-state index contributed by atoms with van der Waals surface area (Å²) in [5.74, 6) is 0.659. The molecule has 1 saturated heterocycles. The van der Waals surface area contributed by atoms with Crippen molar-refractivity contribution in [1.29, 1.82) is 0 Å². The van der Waals surface area contributed by atoms with Crippen LogP contribution in [0.5, 0.6) is 0 Å². The molecule has 0 bridgehead atoms. The van der Waals surface area contributed by atoms with Gasteiger partial charge in [0.1, 0.15) is 5.65 Å². The average Bonchev–Trinajstić information content (AvgIpc) is 2.87. The van der Waals surface area contributed by atoms with Crippen molar-refractivity contribution in [2.45, 2.75) is 19.3 Å². The fourth-order valence-corrected chi connectivity index (χ4v) is 2.73. The lowest BCUT2D eigenvalue weighted by molar-refractivity contribution is 0.763. The molecule has 84 valence electrons. The summed E-state index contributed by atoms with van der Waals surface area (Å²) in [6.07, 6.45) is 5.39. The van der Waals surface area contributed by atoms with E-state index in [2.05, 4.69) is 41.1 Å². The van der Waals surface area contributed by atoms with Crippen molar-refractivity contribution in [3.8, 4) is 0 Å². The van der Waals surface area contributed by atoms with E-state index in [1.165, 1.54) is 22.9 Å². The van der Waals surface area contributed by atoms with E-state index in [9.17, 15) is 0 Å². The fourth-order valence-electron chi connectivity index (χ4n) is 2.73. The van der Waals surface area contributed by atoms with E-state index in [-0.39, 0.29) is 0 Å². The topological polar surface area (TPSA) is 29.9 Å². The van der Waals surface area contributed by atoms with Crippen LogP contribution in [0.2, 0.25) is 0 Å². The van der Waals surface area contributed by atoms with Gasteiger partial charge in [-0.1, -0.05) is 0 Å². The Hall–Kier alpha value is -1.35. The molecule has 16 heavy (non-hydrogen) atoms. The zero-order valence-electron chi connectivity index (χ0n) is 9.83. The van der Waals surface area contributed by atoms with Gasteiger partial charge in [-0.3, -0.25) is 0 Å². The second-order valence-electron chi connectivity index (χ2n) is 4.71. The van der Waals surface area contributed by atoms with Crippen molar-refractivity contribution in [2.75, 3.05) is 13.1 Å². The molecule has 3 heterocycles. The van der Waals surface area contributed by atoms with Gasteiger partial charge >= 0.3 is 0 Å². The molecule has 0 aromatic carbocycles. The van der Waals surface area contributed by atoms with Gasteiger partial charge in [-0.25, -0.2) is 4.98 Å². The lowest BCUT2D eigenvalue weighted by atomic mass is 9.97. The van der Waals surface area contributed by atoms with E-state index in [0.29, 0.717) is 5.92 Å². The third-order valence-corrected chi connectivity index (χ3v) is 3.59. The summed E-state index contributed by atoms with van der Waals surface area (Å²) in [7, 11) is 2.08. The molecule has 0 radical (unpaired) electrons. The first-order chi connectivity index (χ1) is 7.77. The second kappa shape index (κ2) is 3.59. The summed E-state index contributed by atoms with van der Waals surface area (Å²) in [5, 5.41) is 4.79. The van der Waals surface area contributed by atoms with Crippen LogP contribution >= 0.6 is 0 Å². The predicted octanol–water partition coefficient (Wildman–Crippen LogP) is 1.96. The molecular formula is C13H17N3. The highest BCUT2D eigenvalue weighted by atomic mass is 15.0. The van der Waals surface area contributed by atoms with Crippen LogP contribution in [-0.2, 0) is 7.05 Å². The molecule has 1 unspecified atom stereocenters.